The van der Waals surface area contributed by atoms with E-state index in [1.807, 2.05) is 68.6 Å². The number of hydrogen-bond donors (Lipinski definition) is 1. The van der Waals surface area contributed by atoms with Gasteiger partial charge in [0.15, 0.2) is 5.84 Å². The van der Waals surface area contributed by atoms with Crippen LogP contribution >= 0.6 is 0 Å². The summed E-state index contributed by atoms with van der Waals surface area (Å²) in [5.41, 5.74) is 21.7. The number of aryl methyl sites for hydroxylation is 3. The van der Waals surface area contributed by atoms with Crippen LogP contribution in [0.1, 0.15) is 45.4 Å². The molecule has 8 aromatic carbocycles. The van der Waals surface area contributed by atoms with Gasteiger partial charge in [-0.05, 0) is 117 Å². The van der Waals surface area contributed by atoms with Gasteiger partial charge in [-0.25, -0.2) is 9.98 Å². The topological polar surface area (TPSA) is 63.1 Å². The van der Waals surface area contributed by atoms with E-state index in [2.05, 4.69) is 153 Å². The Morgan fingerprint density at radius 2 is 1.25 bits per heavy atom. The highest BCUT2D eigenvalue weighted by molar-refractivity contribution is 6.14. The largest absolute Gasteiger partial charge is 0.383 e. The van der Waals surface area contributed by atoms with E-state index in [-0.39, 0.29) is 0 Å². The van der Waals surface area contributed by atoms with Crippen LogP contribution in [0.3, 0.4) is 0 Å². The molecule has 0 bridgehead atoms. The number of aliphatic imine (C=N–C) groups is 3. The highest BCUT2D eigenvalue weighted by atomic mass is 15.0. The minimum Gasteiger partial charge on any atom is -0.383 e. The van der Waals surface area contributed by atoms with Crippen LogP contribution in [-0.2, 0) is 6.42 Å². The molecule has 0 saturated carbocycles. The van der Waals surface area contributed by atoms with Crippen LogP contribution in [0, 0.1) is 13.8 Å². The molecule has 2 N–H and O–H groups in total. The van der Waals surface area contributed by atoms with Gasteiger partial charge < -0.3 is 5.73 Å². The quantitative estimate of drug-likeness (QED) is 0.0636. The van der Waals surface area contributed by atoms with Crippen LogP contribution < -0.4 is 5.73 Å². The lowest BCUT2D eigenvalue weighted by molar-refractivity contribution is 1.03. The SMILES string of the molecule is C=C(/C=C(\C=C\c1ccc(-c2cccc3c2N=CCC3)cc1)c1ccc(-c2cc3ccccc3c3ccccc23)cc1)C(=C)N=C(N=C(N)c1cccc(C)c1)c1cccc(C)c1. The molecule has 1 aliphatic heterocycles. The van der Waals surface area contributed by atoms with Gasteiger partial charge in [0.2, 0.25) is 0 Å². The zero-order chi connectivity index (χ0) is 43.3. The number of benzene rings is 8. The minimum absolute atomic E-state index is 0.377. The first-order valence-electron chi connectivity index (χ1n) is 21.4. The van der Waals surface area contributed by atoms with Crippen molar-refractivity contribution in [3.8, 4) is 22.3 Å². The molecule has 1 aliphatic rings. The van der Waals surface area contributed by atoms with Gasteiger partial charge in [-0.15, -0.1) is 0 Å². The highest BCUT2D eigenvalue weighted by Gasteiger charge is 2.14. The predicted octanol–water partition coefficient (Wildman–Crippen LogP) is 14.6. The fraction of sp³-hybridized carbons (Fsp3) is 0.0678. The Bertz CT molecular complexity index is 3210. The van der Waals surface area contributed by atoms with Crippen molar-refractivity contribution in [3.63, 3.8) is 0 Å². The molecule has 9 rings (SSSR count). The molecule has 0 atom stereocenters. The van der Waals surface area contributed by atoms with Crippen molar-refractivity contribution in [2.24, 2.45) is 20.7 Å². The Morgan fingerprint density at radius 3 is 2.02 bits per heavy atom. The van der Waals surface area contributed by atoms with Gasteiger partial charge in [-0.2, -0.15) is 0 Å². The van der Waals surface area contributed by atoms with Crippen LogP contribution in [0.25, 0.3) is 55.4 Å². The lowest BCUT2D eigenvalue weighted by atomic mass is 9.92. The Kier molecular flexibility index (Phi) is 11.5. The number of allylic oxidation sites excluding steroid dienone is 3. The Balaban J connectivity index is 1.08. The van der Waals surface area contributed by atoms with E-state index in [0.29, 0.717) is 22.9 Å². The van der Waals surface area contributed by atoms with Crippen molar-refractivity contribution >= 4 is 56.8 Å². The van der Waals surface area contributed by atoms with Crippen molar-refractivity contribution in [1.29, 1.82) is 0 Å². The highest BCUT2D eigenvalue weighted by Crippen LogP contribution is 2.37. The number of hydrogen-bond acceptors (Lipinski definition) is 2. The molecule has 4 nitrogen and oxygen atoms in total. The zero-order valence-electron chi connectivity index (χ0n) is 35.7. The summed E-state index contributed by atoms with van der Waals surface area (Å²) in [5, 5.41) is 4.94. The number of nitrogens with two attached hydrogens (primary N) is 1. The van der Waals surface area contributed by atoms with Crippen molar-refractivity contribution in [3.05, 3.63) is 245 Å². The van der Waals surface area contributed by atoms with Gasteiger partial charge in [-0.1, -0.05) is 188 Å². The average Bonchev–Trinajstić information content (AvgIpc) is 3.32. The first-order valence-corrected chi connectivity index (χ1v) is 21.4. The molecule has 0 unspecified atom stereocenters. The predicted molar refractivity (Wildman–Crippen MR) is 270 cm³/mol. The fourth-order valence-corrected chi connectivity index (χ4v) is 8.27. The molecule has 304 valence electrons. The van der Waals surface area contributed by atoms with Crippen molar-refractivity contribution in [1.82, 2.24) is 0 Å². The first-order chi connectivity index (χ1) is 30.8. The van der Waals surface area contributed by atoms with E-state index >= 15 is 0 Å². The molecule has 4 heteroatoms. The van der Waals surface area contributed by atoms with Gasteiger partial charge in [0, 0.05) is 22.9 Å². The molecule has 0 fully saturated rings. The summed E-state index contributed by atoms with van der Waals surface area (Å²) in [4.78, 5) is 14.6. The normalized spacial score (nSPS) is 13.1. The van der Waals surface area contributed by atoms with Gasteiger partial charge in [0.1, 0.15) is 5.84 Å². The summed E-state index contributed by atoms with van der Waals surface area (Å²) >= 11 is 0. The summed E-state index contributed by atoms with van der Waals surface area (Å²) in [6.45, 7) is 13.0. The van der Waals surface area contributed by atoms with Gasteiger partial charge in [0.25, 0.3) is 0 Å². The minimum atomic E-state index is 0.377. The van der Waals surface area contributed by atoms with E-state index in [1.165, 1.54) is 32.7 Å². The molecule has 63 heavy (non-hydrogen) atoms. The number of para-hydroxylation sites is 1. The molecule has 0 radical (unpaired) electrons. The third-order valence-corrected chi connectivity index (χ3v) is 11.6. The van der Waals surface area contributed by atoms with Crippen LogP contribution in [0.4, 0.5) is 5.69 Å². The van der Waals surface area contributed by atoms with Gasteiger partial charge >= 0.3 is 0 Å². The molecule has 1 heterocycles. The lowest BCUT2D eigenvalue weighted by Crippen LogP contribution is -2.16. The summed E-state index contributed by atoms with van der Waals surface area (Å²) in [7, 11) is 0. The van der Waals surface area contributed by atoms with Crippen molar-refractivity contribution < 1.29 is 0 Å². The fourth-order valence-electron chi connectivity index (χ4n) is 8.27. The second-order valence-electron chi connectivity index (χ2n) is 16.1. The van der Waals surface area contributed by atoms with Gasteiger partial charge in [0.05, 0.1) is 11.4 Å². The molecule has 8 aromatic rings. The number of amidine groups is 2. The van der Waals surface area contributed by atoms with E-state index in [9.17, 15) is 0 Å². The van der Waals surface area contributed by atoms with Crippen molar-refractivity contribution in [2.75, 3.05) is 0 Å². The second-order valence-corrected chi connectivity index (χ2v) is 16.1. The standard InChI is InChI=1S/C59H48N4/c1-39-13-9-17-50(35-39)58(60)63-59(51-18-10-14-40(2)36-51)62-42(4)41(3)37-48(29-26-43-24-27-45(28-25-43)53-23-11-16-47-19-12-34-61-57(47)53)44-30-32-46(33-31-44)56-38-49-15-5-6-20-52(49)54-21-7-8-22-55(54)56/h5-11,13-18,20-38H,3-4,12,19H2,1-2H3,(H2,60,62,63)/b29-26+,48-37+. The molecule has 0 spiro atoms. The van der Waals surface area contributed by atoms with Crippen LogP contribution in [0.2, 0.25) is 0 Å². The summed E-state index contributed by atoms with van der Waals surface area (Å²) in [6.07, 6.45) is 10.4. The van der Waals surface area contributed by atoms with Crippen LogP contribution in [-0.4, -0.2) is 17.9 Å². The smallest absolute Gasteiger partial charge is 0.162 e. The van der Waals surface area contributed by atoms with Crippen LogP contribution in [0.15, 0.2) is 221 Å². The zero-order valence-corrected chi connectivity index (χ0v) is 35.7. The molecule has 0 amide bonds. The summed E-state index contributed by atoms with van der Waals surface area (Å²) in [5.74, 6) is 0.841. The molecule has 0 aliphatic carbocycles. The average molecular weight is 813 g/mol. The maximum Gasteiger partial charge on any atom is 0.162 e. The monoisotopic (exact) mass is 812 g/mol. The Hall–Kier alpha value is -7.95. The molecular weight excluding hydrogens is 765 g/mol. The number of rotatable bonds is 10. The number of nitrogens with zero attached hydrogens (tertiary/aromatic N) is 3. The Labute approximate surface area is 370 Å². The number of fused-ring (bicyclic) bond motifs is 4. The lowest BCUT2D eigenvalue weighted by Gasteiger charge is -2.14. The first kappa shape index (κ1) is 40.5. The third kappa shape index (κ3) is 8.93. The van der Waals surface area contributed by atoms with E-state index in [1.54, 1.807) is 0 Å². The molecular formula is C59H48N4. The van der Waals surface area contributed by atoms with Crippen molar-refractivity contribution in [2.45, 2.75) is 26.7 Å². The summed E-state index contributed by atoms with van der Waals surface area (Å²) < 4.78 is 0. The van der Waals surface area contributed by atoms with Gasteiger partial charge in [-0.3, -0.25) is 4.99 Å². The van der Waals surface area contributed by atoms with E-state index < -0.39 is 0 Å². The van der Waals surface area contributed by atoms with E-state index in [4.69, 9.17) is 20.7 Å². The molecule has 0 aromatic heterocycles. The Morgan fingerprint density at radius 1 is 0.603 bits per heavy atom. The molecule has 0 saturated heterocycles. The van der Waals surface area contributed by atoms with Crippen LogP contribution in [0.5, 0.6) is 0 Å². The maximum atomic E-state index is 6.62. The second kappa shape index (κ2) is 18.0. The maximum absolute atomic E-state index is 6.62. The van der Waals surface area contributed by atoms with E-state index in [0.717, 1.165) is 74.2 Å². The summed E-state index contributed by atoms with van der Waals surface area (Å²) in [6, 6.07) is 59.6. The third-order valence-electron chi connectivity index (χ3n) is 11.6.